The Morgan fingerprint density at radius 2 is 2.07 bits per heavy atom. The molecule has 0 aliphatic heterocycles. The maximum Gasteiger partial charge on any atom is 0.351 e. The first kappa shape index (κ1) is 11.7. The number of allylic oxidation sites excluding steroid dienone is 4. The summed E-state index contributed by atoms with van der Waals surface area (Å²) < 4.78 is 10.8. The topological polar surface area (TPSA) is 18.5 Å². The third kappa shape index (κ3) is 2.80. The molecule has 0 unspecified atom stereocenters. The standard InChI is InChI=1S/C11H20O2Si/c1-4-5-7-10-8-6-9-11(10)14(12-2)13-3/h6,8,14H,4-5,7,9H2,1-3H3. The third-order valence-electron chi connectivity index (χ3n) is 2.58. The summed E-state index contributed by atoms with van der Waals surface area (Å²) in [6.45, 7) is 2.22. The maximum atomic E-state index is 5.41. The average Bonchev–Trinajstić information content (AvgIpc) is 2.65. The number of hydrogen-bond acceptors (Lipinski definition) is 2. The molecule has 0 bridgehead atoms. The highest BCUT2D eigenvalue weighted by molar-refractivity contribution is 6.54. The van der Waals surface area contributed by atoms with Crippen LogP contribution in [0.5, 0.6) is 0 Å². The Morgan fingerprint density at radius 1 is 1.36 bits per heavy atom. The highest BCUT2D eigenvalue weighted by Gasteiger charge is 2.21. The minimum absolute atomic E-state index is 1.04. The van der Waals surface area contributed by atoms with Gasteiger partial charge in [-0.25, -0.2) is 0 Å². The minimum Gasteiger partial charge on any atom is -0.397 e. The van der Waals surface area contributed by atoms with Gasteiger partial charge in [0.25, 0.3) is 0 Å². The lowest BCUT2D eigenvalue weighted by Gasteiger charge is -2.14. The second kappa shape index (κ2) is 6.17. The van der Waals surface area contributed by atoms with Crippen molar-refractivity contribution in [3.8, 4) is 0 Å². The van der Waals surface area contributed by atoms with Gasteiger partial charge in [0, 0.05) is 14.2 Å². The summed E-state index contributed by atoms with van der Waals surface area (Å²) in [5.74, 6) is 0. The molecule has 0 saturated carbocycles. The van der Waals surface area contributed by atoms with Gasteiger partial charge in [-0.15, -0.1) is 0 Å². The zero-order chi connectivity index (χ0) is 10.4. The van der Waals surface area contributed by atoms with Crippen LogP contribution in [0.25, 0.3) is 0 Å². The van der Waals surface area contributed by atoms with E-state index in [4.69, 9.17) is 8.85 Å². The first-order valence-corrected chi connectivity index (χ1v) is 6.79. The smallest absolute Gasteiger partial charge is 0.351 e. The molecule has 0 saturated heterocycles. The lowest BCUT2D eigenvalue weighted by atomic mass is 10.1. The molecule has 0 amide bonds. The molecule has 0 radical (unpaired) electrons. The van der Waals surface area contributed by atoms with E-state index in [9.17, 15) is 0 Å². The second-order valence-electron chi connectivity index (χ2n) is 3.56. The molecule has 14 heavy (non-hydrogen) atoms. The average molecular weight is 212 g/mol. The Kier molecular flexibility index (Phi) is 5.15. The van der Waals surface area contributed by atoms with E-state index < -0.39 is 9.28 Å². The van der Waals surface area contributed by atoms with Gasteiger partial charge < -0.3 is 8.85 Å². The summed E-state index contributed by atoms with van der Waals surface area (Å²) in [4.78, 5) is 0. The summed E-state index contributed by atoms with van der Waals surface area (Å²) in [6, 6.07) is 0. The number of unbranched alkanes of at least 4 members (excludes halogenated alkanes) is 1. The Hall–Kier alpha value is -0.383. The van der Waals surface area contributed by atoms with Crippen LogP contribution >= 0.6 is 0 Å². The molecule has 1 aliphatic carbocycles. The largest absolute Gasteiger partial charge is 0.397 e. The van der Waals surface area contributed by atoms with Crippen molar-refractivity contribution in [3.05, 3.63) is 22.9 Å². The van der Waals surface area contributed by atoms with Crippen molar-refractivity contribution in [1.82, 2.24) is 0 Å². The highest BCUT2D eigenvalue weighted by Crippen LogP contribution is 2.25. The third-order valence-corrected chi connectivity index (χ3v) is 4.61. The predicted molar refractivity (Wildman–Crippen MR) is 61.5 cm³/mol. The summed E-state index contributed by atoms with van der Waals surface area (Å²) in [7, 11) is 1.98. The fraction of sp³-hybridized carbons (Fsp3) is 0.636. The summed E-state index contributed by atoms with van der Waals surface area (Å²) >= 11 is 0. The van der Waals surface area contributed by atoms with Crippen molar-refractivity contribution in [2.45, 2.75) is 32.6 Å². The van der Waals surface area contributed by atoms with Gasteiger partial charge in [0.05, 0.1) is 0 Å². The normalized spacial score (nSPS) is 16.0. The van der Waals surface area contributed by atoms with Crippen molar-refractivity contribution >= 4 is 9.28 Å². The maximum absolute atomic E-state index is 5.41. The van der Waals surface area contributed by atoms with Gasteiger partial charge in [0.15, 0.2) is 0 Å². The molecular weight excluding hydrogens is 192 g/mol. The van der Waals surface area contributed by atoms with Crippen molar-refractivity contribution in [3.63, 3.8) is 0 Å². The molecule has 0 fully saturated rings. The van der Waals surface area contributed by atoms with Gasteiger partial charge in [0.2, 0.25) is 0 Å². The van der Waals surface area contributed by atoms with Crippen molar-refractivity contribution < 1.29 is 8.85 Å². The first-order valence-electron chi connectivity index (χ1n) is 5.27. The van der Waals surface area contributed by atoms with Gasteiger partial charge in [-0.05, 0) is 30.0 Å². The molecule has 0 spiro atoms. The molecule has 0 N–H and O–H groups in total. The zero-order valence-corrected chi connectivity index (χ0v) is 10.5. The Morgan fingerprint density at radius 3 is 2.64 bits per heavy atom. The van der Waals surface area contributed by atoms with Gasteiger partial charge >= 0.3 is 9.28 Å². The summed E-state index contributed by atoms with van der Waals surface area (Å²) in [5, 5.41) is 1.43. The van der Waals surface area contributed by atoms with Crippen molar-refractivity contribution in [2.24, 2.45) is 0 Å². The molecule has 0 aromatic carbocycles. The Balaban J connectivity index is 2.63. The fourth-order valence-corrected chi connectivity index (χ4v) is 3.44. The van der Waals surface area contributed by atoms with Crippen LogP contribution < -0.4 is 0 Å². The van der Waals surface area contributed by atoms with Crippen molar-refractivity contribution in [2.75, 3.05) is 14.2 Å². The van der Waals surface area contributed by atoms with Gasteiger partial charge in [-0.2, -0.15) is 0 Å². The van der Waals surface area contributed by atoms with E-state index in [2.05, 4.69) is 19.1 Å². The van der Waals surface area contributed by atoms with E-state index in [-0.39, 0.29) is 0 Å². The van der Waals surface area contributed by atoms with E-state index in [1.54, 1.807) is 14.2 Å². The van der Waals surface area contributed by atoms with Gasteiger partial charge in [-0.3, -0.25) is 0 Å². The van der Waals surface area contributed by atoms with Crippen LogP contribution in [0, 0.1) is 0 Å². The molecule has 0 heterocycles. The fourth-order valence-electron chi connectivity index (χ4n) is 1.81. The molecule has 1 rings (SSSR count). The lowest BCUT2D eigenvalue weighted by Crippen LogP contribution is -2.22. The second-order valence-corrected chi connectivity index (χ2v) is 5.87. The van der Waals surface area contributed by atoms with E-state index in [0.717, 1.165) is 6.42 Å². The monoisotopic (exact) mass is 212 g/mol. The molecular formula is C11H20O2Si. The van der Waals surface area contributed by atoms with Gasteiger partial charge in [-0.1, -0.05) is 25.5 Å². The van der Waals surface area contributed by atoms with Crippen LogP contribution in [-0.2, 0) is 8.85 Å². The lowest BCUT2D eigenvalue weighted by molar-refractivity contribution is 0.286. The SMILES string of the molecule is CCCCC1=C([SiH](OC)OC)CC=C1. The van der Waals surface area contributed by atoms with E-state index in [1.165, 1.54) is 30.0 Å². The Bertz CT molecular complexity index is 229. The van der Waals surface area contributed by atoms with Crippen LogP contribution in [0.4, 0.5) is 0 Å². The zero-order valence-electron chi connectivity index (χ0n) is 9.38. The number of hydrogen-bond donors (Lipinski definition) is 0. The quantitative estimate of drug-likeness (QED) is 0.630. The number of rotatable bonds is 6. The van der Waals surface area contributed by atoms with E-state index >= 15 is 0 Å². The minimum atomic E-state index is -1.53. The van der Waals surface area contributed by atoms with Crippen molar-refractivity contribution in [1.29, 1.82) is 0 Å². The molecule has 0 atom stereocenters. The van der Waals surface area contributed by atoms with E-state index in [1.807, 2.05) is 0 Å². The van der Waals surface area contributed by atoms with Crippen LogP contribution in [0.1, 0.15) is 32.6 Å². The highest BCUT2D eigenvalue weighted by atomic mass is 28.3. The van der Waals surface area contributed by atoms with Crippen LogP contribution in [-0.4, -0.2) is 23.5 Å². The van der Waals surface area contributed by atoms with Crippen LogP contribution in [0.2, 0.25) is 0 Å². The molecule has 1 aliphatic rings. The van der Waals surface area contributed by atoms with E-state index in [0.29, 0.717) is 0 Å². The van der Waals surface area contributed by atoms with Crippen LogP contribution in [0.15, 0.2) is 22.9 Å². The first-order chi connectivity index (χ1) is 6.83. The summed E-state index contributed by atoms with van der Waals surface area (Å²) in [6.07, 6.45) is 9.19. The molecule has 2 nitrogen and oxygen atoms in total. The molecule has 80 valence electrons. The Labute approximate surface area is 88.5 Å². The molecule has 0 aromatic heterocycles. The predicted octanol–water partition coefficient (Wildman–Crippen LogP) is 2.49. The van der Waals surface area contributed by atoms with Crippen LogP contribution in [0.3, 0.4) is 0 Å². The molecule has 0 aromatic rings. The summed E-state index contributed by atoms with van der Waals surface area (Å²) in [5.41, 5.74) is 1.47. The van der Waals surface area contributed by atoms with Gasteiger partial charge in [0.1, 0.15) is 0 Å². The molecule has 3 heteroatoms.